The molecule has 32 heavy (non-hydrogen) atoms. The van der Waals surface area contributed by atoms with Crippen LogP contribution in [0.25, 0.3) is 10.2 Å². The average molecular weight is 476 g/mol. The molecule has 0 radical (unpaired) electrons. The fourth-order valence-corrected chi connectivity index (χ4v) is 5.96. The van der Waals surface area contributed by atoms with E-state index in [9.17, 15) is 9.59 Å². The van der Waals surface area contributed by atoms with E-state index in [1.807, 2.05) is 26.0 Å². The van der Waals surface area contributed by atoms with Gasteiger partial charge in [0.25, 0.3) is 5.56 Å². The SMILES string of the molecule is CC(C)OCCCNC(=O)CSc1nc2sc3c(c2c(=O)n1Cc1ccco1)CCCC3. The first kappa shape index (κ1) is 23.1. The van der Waals surface area contributed by atoms with E-state index in [2.05, 4.69) is 5.32 Å². The first-order valence-corrected chi connectivity index (χ1v) is 12.9. The van der Waals surface area contributed by atoms with Crippen LogP contribution in [-0.2, 0) is 28.9 Å². The highest BCUT2D eigenvalue weighted by atomic mass is 32.2. The summed E-state index contributed by atoms with van der Waals surface area (Å²) in [5, 5.41) is 4.21. The lowest BCUT2D eigenvalue weighted by Crippen LogP contribution is -2.28. The number of aromatic nitrogens is 2. The van der Waals surface area contributed by atoms with E-state index < -0.39 is 0 Å². The fourth-order valence-electron chi connectivity index (χ4n) is 3.83. The van der Waals surface area contributed by atoms with Crippen molar-refractivity contribution >= 4 is 39.2 Å². The molecule has 0 aromatic carbocycles. The maximum atomic E-state index is 13.5. The number of amides is 1. The molecule has 1 aliphatic carbocycles. The van der Waals surface area contributed by atoms with Crippen LogP contribution in [0.2, 0.25) is 0 Å². The molecule has 7 nitrogen and oxygen atoms in total. The molecule has 0 bridgehead atoms. The lowest BCUT2D eigenvalue weighted by molar-refractivity contribution is -0.118. The summed E-state index contributed by atoms with van der Waals surface area (Å²) < 4.78 is 12.6. The molecule has 3 heterocycles. The Labute approximate surface area is 195 Å². The second-order valence-corrected chi connectivity index (χ2v) is 10.2. The minimum absolute atomic E-state index is 0.0421. The summed E-state index contributed by atoms with van der Waals surface area (Å²) in [7, 11) is 0. The highest BCUT2D eigenvalue weighted by Gasteiger charge is 2.23. The number of nitrogens with one attached hydrogen (secondary N) is 1. The van der Waals surface area contributed by atoms with Crippen molar-refractivity contribution in [3.8, 4) is 0 Å². The number of hydrogen-bond donors (Lipinski definition) is 1. The summed E-state index contributed by atoms with van der Waals surface area (Å²) in [6.45, 7) is 5.47. The number of thiophene rings is 1. The Morgan fingerprint density at radius 3 is 3.00 bits per heavy atom. The Morgan fingerprint density at radius 2 is 2.22 bits per heavy atom. The molecule has 1 N–H and O–H groups in total. The van der Waals surface area contributed by atoms with Crippen LogP contribution in [0.3, 0.4) is 0 Å². The maximum Gasteiger partial charge on any atom is 0.263 e. The zero-order valence-corrected chi connectivity index (χ0v) is 20.2. The number of nitrogens with zero attached hydrogens (tertiary/aromatic N) is 2. The number of hydrogen-bond acceptors (Lipinski definition) is 7. The molecule has 4 rings (SSSR count). The van der Waals surface area contributed by atoms with Crippen molar-refractivity contribution in [2.45, 2.75) is 63.8 Å². The number of carbonyl (C=O) groups excluding carboxylic acids is 1. The number of rotatable bonds is 10. The molecule has 9 heteroatoms. The van der Waals surface area contributed by atoms with Crippen LogP contribution in [-0.4, -0.2) is 40.5 Å². The summed E-state index contributed by atoms with van der Waals surface area (Å²) in [4.78, 5) is 32.7. The summed E-state index contributed by atoms with van der Waals surface area (Å²) in [5.41, 5.74) is 1.12. The molecule has 172 valence electrons. The van der Waals surface area contributed by atoms with Crippen LogP contribution in [0, 0.1) is 0 Å². The molecule has 0 atom stereocenters. The van der Waals surface area contributed by atoms with Gasteiger partial charge in [-0.2, -0.15) is 0 Å². The van der Waals surface area contributed by atoms with Gasteiger partial charge in [0, 0.05) is 18.0 Å². The number of furan rings is 1. The Kier molecular flexibility index (Phi) is 7.70. The quantitative estimate of drug-likeness (QED) is 0.271. The second kappa shape index (κ2) is 10.7. The van der Waals surface area contributed by atoms with E-state index in [-0.39, 0.29) is 23.3 Å². The number of aryl methyl sites for hydroxylation is 2. The number of ether oxygens (including phenoxy) is 1. The van der Waals surface area contributed by atoms with Crippen LogP contribution in [0.1, 0.15) is 49.3 Å². The van der Waals surface area contributed by atoms with Gasteiger partial charge in [0.1, 0.15) is 10.6 Å². The normalized spacial score (nSPS) is 13.6. The fraction of sp³-hybridized carbons (Fsp3) is 0.522. The molecule has 0 saturated heterocycles. The van der Waals surface area contributed by atoms with Crippen LogP contribution in [0.15, 0.2) is 32.8 Å². The standard InChI is InChI=1S/C23H29N3O4S2/c1-15(2)29-12-6-10-24-19(27)14-31-23-25-21-20(17-8-3-4-9-18(17)32-21)22(28)26(23)13-16-7-5-11-30-16/h5,7,11,15H,3-4,6,8-10,12-14H2,1-2H3,(H,24,27). The third kappa shape index (κ3) is 5.44. The first-order chi connectivity index (χ1) is 15.5. The maximum absolute atomic E-state index is 13.5. The molecule has 1 amide bonds. The Balaban J connectivity index is 1.52. The van der Waals surface area contributed by atoms with Gasteiger partial charge in [0.15, 0.2) is 5.16 Å². The second-order valence-electron chi connectivity index (χ2n) is 8.17. The van der Waals surface area contributed by atoms with Gasteiger partial charge in [-0.05, 0) is 63.6 Å². The first-order valence-electron chi connectivity index (χ1n) is 11.1. The average Bonchev–Trinajstić information content (AvgIpc) is 3.41. The van der Waals surface area contributed by atoms with Gasteiger partial charge in [-0.25, -0.2) is 4.98 Å². The lowest BCUT2D eigenvalue weighted by atomic mass is 9.97. The van der Waals surface area contributed by atoms with E-state index >= 15 is 0 Å². The van der Waals surface area contributed by atoms with Crippen molar-refractivity contribution in [1.29, 1.82) is 0 Å². The van der Waals surface area contributed by atoms with E-state index in [0.717, 1.165) is 42.3 Å². The van der Waals surface area contributed by atoms with Gasteiger partial charge in [0.2, 0.25) is 5.91 Å². The van der Waals surface area contributed by atoms with Gasteiger partial charge < -0.3 is 14.5 Å². The zero-order chi connectivity index (χ0) is 22.5. The predicted octanol–water partition coefficient (Wildman–Crippen LogP) is 4.00. The molecule has 0 unspecified atom stereocenters. The smallest absolute Gasteiger partial charge is 0.263 e. The molecule has 0 aliphatic heterocycles. The van der Waals surface area contributed by atoms with Crippen molar-refractivity contribution in [3.05, 3.63) is 45.0 Å². The third-order valence-electron chi connectivity index (χ3n) is 5.36. The van der Waals surface area contributed by atoms with Gasteiger partial charge in [0.05, 0.1) is 30.1 Å². The molecule has 1 aliphatic rings. The van der Waals surface area contributed by atoms with E-state index in [0.29, 0.717) is 30.6 Å². The lowest BCUT2D eigenvalue weighted by Gasteiger charge is -2.13. The van der Waals surface area contributed by atoms with Crippen molar-refractivity contribution in [3.63, 3.8) is 0 Å². The topological polar surface area (TPSA) is 86.4 Å². The van der Waals surface area contributed by atoms with Gasteiger partial charge in [-0.15, -0.1) is 11.3 Å². The molecular formula is C23H29N3O4S2. The largest absolute Gasteiger partial charge is 0.467 e. The van der Waals surface area contributed by atoms with Crippen LogP contribution in [0.5, 0.6) is 0 Å². The summed E-state index contributed by atoms with van der Waals surface area (Å²) >= 11 is 2.92. The Morgan fingerprint density at radius 1 is 1.38 bits per heavy atom. The van der Waals surface area contributed by atoms with Gasteiger partial charge in [-0.1, -0.05) is 11.8 Å². The molecule has 0 saturated carbocycles. The summed E-state index contributed by atoms with van der Waals surface area (Å²) in [6, 6.07) is 3.65. The number of fused-ring (bicyclic) bond motifs is 3. The minimum atomic E-state index is -0.0797. The van der Waals surface area contributed by atoms with Gasteiger partial charge in [-0.3, -0.25) is 14.2 Å². The Hall–Kier alpha value is -2.10. The van der Waals surface area contributed by atoms with E-state index in [4.69, 9.17) is 14.1 Å². The third-order valence-corrected chi connectivity index (χ3v) is 7.52. The zero-order valence-electron chi connectivity index (χ0n) is 18.5. The van der Waals surface area contributed by atoms with Crippen molar-refractivity contribution in [1.82, 2.24) is 14.9 Å². The van der Waals surface area contributed by atoms with Crippen LogP contribution in [0.4, 0.5) is 0 Å². The molecule has 0 spiro atoms. The molecule has 3 aromatic rings. The summed E-state index contributed by atoms with van der Waals surface area (Å²) in [6.07, 6.45) is 6.77. The monoisotopic (exact) mass is 475 g/mol. The van der Waals surface area contributed by atoms with Crippen LogP contribution < -0.4 is 10.9 Å². The highest BCUT2D eigenvalue weighted by molar-refractivity contribution is 7.99. The molecular weight excluding hydrogens is 446 g/mol. The van der Waals surface area contributed by atoms with Crippen molar-refractivity contribution in [2.75, 3.05) is 18.9 Å². The molecule has 3 aromatic heterocycles. The van der Waals surface area contributed by atoms with Gasteiger partial charge >= 0.3 is 0 Å². The van der Waals surface area contributed by atoms with Crippen molar-refractivity contribution < 1.29 is 13.9 Å². The van der Waals surface area contributed by atoms with Crippen LogP contribution >= 0.6 is 23.1 Å². The van der Waals surface area contributed by atoms with Crippen molar-refractivity contribution in [2.24, 2.45) is 0 Å². The van der Waals surface area contributed by atoms with E-state index in [1.54, 1.807) is 22.2 Å². The molecule has 0 fully saturated rings. The Bertz CT molecular complexity index is 1120. The highest BCUT2D eigenvalue weighted by Crippen LogP contribution is 2.34. The minimum Gasteiger partial charge on any atom is -0.467 e. The number of thioether (sulfide) groups is 1. The summed E-state index contributed by atoms with van der Waals surface area (Å²) in [5.74, 6) is 0.810. The predicted molar refractivity (Wildman–Crippen MR) is 128 cm³/mol. The number of carbonyl (C=O) groups is 1. The van der Waals surface area contributed by atoms with E-state index in [1.165, 1.54) is 22.2 Å².